The molecule has 0 saturated heterocycles. The first-order valence-electron chi connectivity index (χ1n) is 6.49. The van der Waals surface area contributed by atoms with E-state index >= 15 is 0 Å². The maximum Gasteiger partial charge on any atom is 0.417 e. The molecule has 122 valence electrons. The molecule has 0 radical (unpaired) electrons. The number of nitrogens with zero attached hydrogens (tertiary/aromatic N) is 3. The number of nitrogens with one attached hydrogen (secondary N) is 2. The van der Waals surface area contributed by atoms with Crippen molar-refractivity contribution in [1.82, 2.24) is 20.3 Å². The fourth-order valence-corrected chi connectivity index (χ4v) is 1.64. The molecular formula is C13H13F3N6O. The number of alkyl halides is 3. The molecule has 0 spiro atoms. The predicted octanol–water partition coefficient (Wildman–Crippen LogP) is 1.31. The SMILES string of the molecule is Nc1nccnc1C(=O)NCCNc1ccc(C(F)(F)F)cn1. The third-order valence-corrected chi connectivity index (χ3v) is 2.75. The van der Waals surface area contributed by atoms with Crippen molar-refractivity contribution in [3.63, 3.8) is 0 Å². The van der Waals surface area contributed by atoms with Gasteiger partial charge < -0.3 is 16.4 Å². The van der Waals surface area contributed by atoms with Crippen LogP contribution in [-0.4, -0.2) is 33.9 Å². The van der Waals surface area contributed by atoms with E-state index in [1.165, 1.54) is 18.5 Å². The highest BCUT2D eigenvalue weighted by molar-refractivity contribution is 5.96. The second-order valence-electron chi connectivity index (χ2n) is 4.40. The number of rotatable bonds is 5. The van der Waals surface area contributed by atoms with E-state index < -0.39 is 17.6 Å². The summed E-state index contributed by atoms with van der Waals surface area (Å²) < 4.78 is 37.1. The van der Waals surface area contributed by atoms with Gasteiger partial charge in [-0.25, -0.2) is 15.0 Å². The Balaban J connectivity index is 1.79. The van der Waals surface area contributed by atoms with E-state index in [1.807, 2.05) is 0 Å². The zero-order valence-electron chi connectivity index (χ0n) is 11.8. The second-order valence-corrected chi connectivity index (χ2v) is 4.40. The summed E-state index contributed by atoms with van der Waals surface area (Å²) in [7, 11) is 0. The number of nitrogen functional groups attached to an aromatic ring is 1. The van der Waals surface area contributed by atoms with Crippen molar-refractivity contribution in [3.8, 4) is 0 Å². The number of halogens is 3. The Morgan fingerprint density at radius 3 is 2.48 bits per heavy atom. The zero-order valence-corrected chi connectivity index (χ0v) is 11.8. The molecule has 0 saturated carbocycles. The van der Waals surface area contributed by atoms with Crippen molar-refractivity contribution in [3.05, 3.63) is 42.0 Å². The highest BCUT2D eigenvalue weighted by Gasteiger charge is 2.30. The standard InChI is InChI=1S/C13H13F3N6O/c14-13(15,16)8-1-2-9(22-7-8)18-3-6-21-12(23)10-11(17)20-5-4-19-10/h1-2,4-5,7H,3,6H2,(H2,17,20)(H,18,22)(H,21,23). The lowest BCUT2D eigenvalue weighted by Crippen LogP contribution is -2.30. The highest BCUT2D eigenvalue weighted by atomic mass is 19.4. The summed E-state index contributed by atoms with van der Waals surface area (Å²) >= 11 is 0. The topological polar surface area (TPSA) is 106 Å². The van der Waals surface area contributed by atoms with Crippen LogP contribution in [0.4, 0.5) is 24.8 Å². The third-order valence-electron chi connectivity index (χ3n) is 2.75. The molecule has 0 aliphatic carbocycles. The third kappa shape index (κ3) is 4.53. The van der Waals surface area contributed by atoms with Crippen LogP contribution in [0, 0.1) is 0 Å². The van der Waals surface area contributed by atoms with Crippen LogP contribution >= 0.6 is 0 Å². The van der Waals surface area contributed by atoms with Crippen molar-refractivity contribution in [2.45, 2.75) is 6.18 Å². The molecule has 0 bridgehead atoms. The molecule has 10 heteroatoms. The average Bonchev–Trinajstić information content (AvgIpc) is 2.51. The number of aromatic nitrogens is 3. The number of nitrogens with two attached hydrogens (primary N) is 1. The molecule has 1 amide bonds. The van der Waals surface area contributed by atoms with E-state index in [1.54, 1.807) is 0 Å². The molecule has 2 aromatic rings. The van der Waals surface area contributed by atoms with Gasteiger partial charge in [0.25, 0.3) is 5.91 Å². The Morgan fingerprint density at radius 2 is 1.87 bits per heavy atom. The number of amides is 1. The molecule has 0 aromatic carbocycles. The van der Waals surface area contributed by atoms with Gasteiger partial charge in [0, 0.05) is 31.7 Å². The fourth-order valence-electron chi connectivity index (χ4n) is 1.64. The summed E-state index contributed by atoms with van der Waals surface area (Å²) in [6.07, 6.45) is -0.975. The van der Waals surface area contributed by atoms with Gasteiger partial charge in [-0.15, -0.1) is 0 Å². The van der Waals surface area contributed by atoms with Crippen LogP contribution in [-0.2, 0) is 6.18 Å². The van der Waals surface area contributed by atoms with Gasteiger partial charge >= 0.3 is 6.18 Å². The van der Waals surface area contributed by atoms with Crippen molar-refractivity contribution < 1.29 is 18.0 Å². The van der Waals surface area contributed by atoms with E-state index in [4.69, 9.17) is 5.73 Å². The lowest BCUT2D eigenvalue weighted by atomic mass is 10.3. The average molecular weight is 326 g/mol. The van der Waals surface area contributed by atoms with Crippen molar-refractivity contribution in [2.75, 3.05) is 24.1 Å². The Bertz CT molecular complexity index is 674. The molecule has 2 heterocycles. The summed E-state index contributed by atoms with van der Waals surface area (Å²) in [5.41, 5.74) is 4.70. The minimum Gasteiger partial charge on any atom is -0.382 e. The van der Waals surface area contributed by atoms with Crippen LogP contribution in [0.1, 0.15) is 16.1 Å². The molecule has 2 rings (SSSR count). The van der Waals surface area contributed by atoms with E-state index in [0.717, 1.165) is 12.3 Å². The van der Waals surface area contributed by atoms with Crippen LogP contribution in [0.5, 0.6) is 0 Å². The van der Waals surface area contributed by atoms with Gasteiger partial charge in [-0.3, -0.25) is 4.79 Å². The normalized spacial score (nSPS) is 11.1. The molecule has 23 heavy (non-hydrogen) atoms. The minimum absolute atomic E-state index is 0.0140. The predicted molar refractivity (Wildman–Crippen MR) is 76.5 cm³/mol. The van der Waals surface area contributed by atoms with Gasteiger partial charge in [-0.2, -0.15) is 13.2 Å². The molecule has 0 fully saturated rings. The zero-order chi connectivity index (χ0) is 16.9. The monoisotopic (exact) mass is 326 g/mol. The smallest absolute Gasteiger partial charge is 0.382 e. The summed E-state index contributed by atoms with van der Waals surface area (Å²) in [5, 5.41) is 5.34. The lowest BCUT2D eigenvalue weighted by molar-refractivity contribution is -0.137. The van der Waals surface area contributed by atoms with Crippen molar-refractivity contribution >= 4 is 17.5 Å². The summed E-state index contributed by atoms with van der Waals surface area (Å²) in [6, 6.07) is 2.14. The largest absolute Gasteiger partial charge is 0.417 e. The van der Waals surface area contributed by atoms with Gasteiger partial charge in [0.2, 0.25) is 0 Å². The fraction of sp³-hybridized carbons (Fsp3) is 0.231. The Morgan fingerprint density at radius 1 is 1.13 bits per heavy atom. The van der Waals surface area contributed by atoms with Crippen LogP contribution < -0.4 is 16.4 Å². The van der Waals surface area contributed by atoms with Crippen LogP contribution in [0.15, 0.2) is 30.7 Å². The van der Waals surface area contributed by atoms with Gasteiger partial charge in [-0.05, 0) is 12.1 Å². The molecular weight excluding hydrogens is 313 g/mol. The van der Waals surface area contributed by atoms with E-state index in [0.29, 0.717) is 0 Å². The molecule has 7 nitrogen and oxygen atoms in total. The number of hydrogen-bond donors (Lipinski definition) is 3. The summed E-state index contributed by atoms with van der Waals surface area (Å²) in [4.78, 5) is 23.0. The molecule has 4 N–H and O–H groups in total. The van der Waals surface area contributed by atoms with Crippen LogP contribution in [0.3, 0.4) is 0 Å². The first-order valence-corrected chi connectivity index (χ1v) is 6.49. The number of carbonyl (C=O) groups excluding carboxylic acids is 1. The highest BCUT2D eigenvalue weighted by Crippen LogP contribution is 2.28. The number of anilines is 2. The summed E-state index contributed by atoms with van der Waals surface area (Å²) in [6.45, 7) is 0.474. The Kier molecular flexibility index (Phi) is 4.94. The number of carbonyl (C=O) groups is 1. The second kappa shape index (κ2) is 6.90. The van der Waals surface area contributed by atoms with Gasteiger partial charge in [-0.1, -0.05) is 0 Å². The van der Waals surface area contributed by atoms with Crippen molar-refractivity contribution in [1.29, 1.82) is 0 Å². The van der Waals surface area contributed by atoms with Crippen LogP contribution in [0.25, 0.3) is 0 Å². The molecule has 0 aliphatic heterocycles. The molecule has 0 aliphatic rings. The number of hydrogen-bond acceptors (Lipinski definition) is 6. The quantitative estimate of drug-likeness (QED) is 0.716. The molecule has 0 unspecified atom stereocenters. The molecule has 2 aromatic heterocycles. The Labute approximate surface area is 129 Å². The van der Waals surface area contributed by atoms with Gasteiger partial charge in [0.1, 0.15) is 5.82 Å². The maximum absolute atomic E-state index is 12.4. The molecule has 0 atom stereocenters. The van der Waals surface area contributed by atoms with E-state index in [2.05, 4.69) is 25.6 Å². The minimum atomic E-state index is -4.42. The maximum atomic E-state index is 12.4. The Hall–Kier alpha value is -2.91. The van der Waals surface area contributed by atoms with Crippen LogP contribution in [0.2, 0.25) is 0 Å². The van der Waals surface area contributed by atoms with E-state index in [9.17, 15) is 18.0 Å². The van der Waals surface area contributed by atoms with Crippen molar-refractivity contribution in [2.24, 2.45) is 0 Å². The number of pyridine rings is 1. The summed E-state index contributed by atoms with van der Waals surface area (Å²) in [5.74, 6) is -0.202. The first kappa shape index (κ1) is 16.5. The first-order chi connectivity index (χ1) is 10.9. The van der Waals surface area contributed by atoms with Gasteiger partial charge in [0.15, 0.2) is 11.5 Å². The lowest BCUT2D eigenvalue weighted by Gasteiger charge is -2.09. The van der Waals surface area contributed by atoms with E-state index in [-0.39, 0.29) is 30.4 Å². The van der Waals surface area contributed by atoms with Gasteiger partial charge in [0.05, 0.1) is 5.56 Å².